The maximum absolute atomic E-state index is 8.93. The van der Waals surface area contributed by atoms with Crippen molar-refractivity contribution in [3.63, 3.8) is 0 Å². The van der Waals surface area contributed by atoms with Crippen molar-refractivity contribution in [2.75, 3.05) is 25.6 Å². The van der Waals surface area contributed by atoms with Gasteiger partial charge >= 0.3 is 0 Å². The monoisotopic (exact) mass is 446 g/mol. The minimum atomic E-state index is 0.0911. The zero-order valence-electron chi connectivity index (χ0n) is 17.5. The van der Waals surface area contributed by atoms with Crippen LogP contribution in [0, 0.1) is 0 Å². The molecule has 32 heavy (non-hydrogen) atoms. The minimum absolute atomic E-state index is 0.0911. The Morgan fingerprint density at radius 1 is 1.06 bits per heavy atom. The van der Waals surface area contributed by atoms with E-state index in [0.717, 1.165) is 21.9 Å². The molecule has 8 heteroatoms. The third-order valence-electron chi connectivity index (χ3n) is 5.04. The number of rotatable bonds is 8. The lowest BCUT2D eigenvalue weighted by molar-refractivity contribution is 0.228. The van der Waals surface area contributed by atoms with Crippen molar-refractivity contribution < 1.29 is 14.6 Å². The van der Waals surface area contributed by atoms with Gasteiger partial charge in [0.1, 0.15) is 5.69 Å². The molecule has 0 aliphatic heterocycles. The zero-order chi connectivity index (χ0) is 21.9. The number of imidazole rings is 1. The van der Waals surface area contributed by atoms with Crippen LogP contribution in [0.1, 0.15) is 6.42 Å². The predicted molar refractivity (Wildman–Crippen MR) is 127 cm³/mol. The van der Waals surface area contributed by atoms with Crippen LogP contribution >= 0.6 is 11.3 Å². The molecule has 0 saturated heterocycles. The standard InChI is InChI=1S/C24H22N4O3S/c1-30-20-14-17(7-8-19(20)31-12-4-11-29)26-23-9-10-24-25-15-18(28(24)27-23)22-13-16-5-2-3-6-21(16)32-22/h2-3,5-10,13-15,29H,4,11-12H2,1H3,(H,26,27). The Hall–Kier alpha value is -3.62. The second-order valence-corrected chi connectivity index (χ2v) is 8.28. The molecule has 0 atom stereocenters. The van der Waals surface area contributed by atoms with Crippen LogP contribution < -0.4 is 14.8 Å². The van der Waals surface area contributed by atoms with E-state index in [9.17, 15) is 0 Å². The van der Waals surface area contributed by atoms with Crippen LogP contribution in [-0.4, -0.2) is 40.0 Å². The van der Waals surface area contributed by atoms with Crippen molar-refractivity contribution in [3.05, 3.63) is 66.9 Å². The maximum atomic E-state index is 8.93. The van der Waals surface area contributed by atoms with Crippen LogP contribution in [-0.2, 0) is 0 Å². The number of nitrogens with zero attached hydrogens (tertiary/aromatic N) is 3. The van der Waals surface area contributed by atoms with Gasteiger partial charge in [-0.25, -0.2) is 9.50 Å². The molecule has 162 valence electrons. The van der Waals surface area contributed by atoms with E-state index in [4.69, 9.17) is 19.7 Å². The number of aromatic nitrogens is 3. The van der Waals surface area contributed by atoms with Gasteiger partial charge in [0.2, 0.25) is 0 Å². The summed E-state index contributed by atoms with van der Waals surface area (Å²) in [4.78, 5) is 5.63. The summed E-state index contributed by atoms with van der Waals surface area (Å²) in [5, 5.41) is 18.2. The van der Waals surface area contributed by atoms with Crippen molar-refractivity contribution in [2.24, 2.45) is 0 Å². The van der Waals surface area contributed by atoms with Crippen molar-refractivity contribution >= 4 is 38.6 Å². The smallest absolute Gasteiger partial charge is 0.162 e. The van der Waals surface area contributed by atoms with Crippen LogP contribution in [0.25, 0.3) is 26.3 Å². The first-order chi connectivity index (χ1) is 15.7. The summed E-state index contributed by atoms with van der Waals surface area (Å²) in [5.41, 5.74) is 2.56. The van der Waals surface area contributed by atoms with Crippen LogP contribution in [0.15, 0.2) is 66.9 Å². The Labute approximate surface area is 188 Å². The van der Waals surface area contributed by atoms with Crippen LogP contribution in [0.5, 0.6) is 11.5 Å². The normalized spacial score (nSPS) is 11.2. The average molecular weight is 447 g/mol. The molecule has 0 bridgehead atoms. The van der Waals surface area contributed by atoms with E-state index >= 15 is 0 Å². The largest absolute Gasteiger partial charge is 0.493 e. The van der Waals surface area contributed by atoms with Crippen LogP contribution in [0.2, 0.25) is 0 Å². The fraction of sp³-hybridized carbons (Fsp3) is 0.167. The Morgan fingerprint density at radius 2 is 1.97 bits per heavy atom. The Kier molecular flexibility index (Phi) is 5.62. The summed E-state index contributed by atoms with van der Waals surface area (Å²) >= 11 is 1.73. The zero-order valence-corrected chi connectivity index (χ0v) is 18.3. The maximum Gasteiger partial charge on any atom is 0.162 e. The van der Waals surface area contributed by atoms with E-state index in [-0.39, 0.29) is 6.61 Å². The van der Waals surface area contributed by atoms with E-state index in [2.05, 4.69) is 34.6 Å². The molecule has 0 spiro atoms. The molecule has 5 rings (SSSR count). The highest BCUT2D eigenvalue weighted by Gasteiger charge is 2.12. The number of thiophene rings is 1. The molecule has 5 aromatic rings. The molecule has 7 nitrogen and oxygen atoms in total. The molecule has 0 unspecified atom stereocenters. The highest BCUT2D eigenvalue weighted by Crippen LogP contribution is 2.34. The first-order valence-corrected chi connectivity index (χ1v) is 11.1. The number of benzene rings is 2. The number of aliphatic hydroxyl groups is 1. The van der Waals surface area contributed by atoms with Crippen molar-refractivity contribution in [2.45, 2.75) is 6.42 Å². The summed E-state index contributed by atoms with van der Waals surface area (Å²) in [7, 11) is 1.60. The Morgan fingerprint density at radius 3 is 2.81 bits per heavy atom. The molecule has 0 aliphatic carbocycles. The van der Waals surface area contributed by atoms with Gasteiger partial charge in [0.25, 0.3) is 0 Å². The number of anilines is 2. The first-order valence-electron chi connectivity index (χ1n) is 10.3. The van der Waals surface area contributed by atoms with E-state index in [1.54, 1.807) is 18.4 Å². The summed E-state index contributed by atoms with van der Waals surface area (Å²) in [6.07, 6.45) is 2.43. The molecule has 0 fully saturated rings. The van der Waals surface area contributed by atoms with Crippen molar-refractivity contribution in [1.29, 1.82) is 0 Å². The number of ether oxygens (including phenoxy) is 2. The third-order valence-corrected chi connectivity index (χ3v) is 6.17. The van der Waals surface area contributed by atoms with Crippen molar-refractivity contribution in [1.82, 2.24) is 14.6 Å². The SMILES string of the molecule is COc1cc(Nc2ccc3ncc(-c4cc5ccccc5s4)n3n2)ccc1OCCCO. The van der Waals surface area contributed by atoms with Gasteiger partial charge in [0.05, 0.1) is 24.8 Å². The summed E-state index contributed by atoms with van der Waals surface area (Å²) in [6.45, 7) is 0.521. The minimum Gasteiger partial charge on any atom is -0.493 e. The van der Waals surface area contributed by atoms with E-state index in [0.29, 0.717) is 30.3 Å². The van der Waals surface area contributed by atoms with E-state index < -0.39 is 0 Å². The second-order valence-electron chi connectivity index (χ2n) is 7.20. The molecule has 2 aromatic carbocycles. The molecule has 0 saturated carbocycles. The molecular formula is C24H22N4O3S. The number of methoxy groups -OCH3 is 1. The Balaban J connectivity index is 1.43. The van der Waals surface area contributed by atoms with Gasteiger partial charge in [-0.2, -0.15) is 0 Å². The topological polar surface area (TPSA) is 80.9 Å². The molecule has 0 radical (unpaired) electrons. The lowest BCUT2D eigenvalue weighted by Crippen LogP contribution is -2.03. The van der Waals surface area contributed by atoms with Gasteiger partial charge in [-0.15, -0.1) is 16.4 Å². The van der Waals surface area contributed by atoms with Gasteiger partial charge in [-0.05, 0) is 41.8 Å². The number of fused-ring (bicyclic) bond motifs is 2. The van der Waals surface area contributed by atoms with E-state index in [1.807, 2.05) is 47.1 Å². The average Bonchev–Trinajstić information content (AvgIpc) is 3.43. The number of aliphatic hydroxyl groups excluding tert-OH is 1. The summed E-state index contributed by atoms with van der Waals surface area (Å²) in [6, 6.07) is 20.0. The molecule has 0 aliphatic rings. The lowest BCUT2D eigenvalue weighted by Gasteiger charge is -2.13. The number of hydrogen-bond donors (Lipinski definition) is 2. The van der Waals surface area contributed by atoms with Gasteiger partial charge < -0.3 is 19.9 Å². The van der Waals surface area contributed by atoms with Crippen LogP contribution in [0.4, 0.5) is 11.5 Å². The fourth-order valence-electron chi connectivity index (χ4n) is 3.48. The fourth-order valence-corrected chi connectivity index (χ4v) is 4.53. The first kappa shape index (κ1) is 20.3. The van der Waals surface area contributed by atoms with Crippen molar-refractivity contribution in [3.8, 4) is 22.1 Å². The highest BCUT2D eigenvalue weighted by molar-refractivity contribution is 7.22. The molecule has 0 amide bonds. The molecular weight excluding hydrogens is 424 g/mol. The summed E-state index contributed by atoms with van der Waals surface area (Å²) in [5.74, 6) is 1.94. The molecule has 2 N–H and O–H groups in total. The lowest BCUT2D eigenvalue weighted by atomic mass is 10.2. The molecule has 3 aromatic heterocycles. The van der Waals surface area contributed by atoms with E-state index in [1.165, 1.54) is 10.1 Å². The van der Waals surface area contributed by atoms with Gasteiger partial charge in [-0.3, -0.25) is 0 Å². The van der Waals surface area contributed by atoms with Gasteiger partial charge in [0, 0.05) is 29.5 Å². The second kappa shape index (κ2) is 8.86. The number of nitrogens with one attached hydrogen (secondary N) is 1. The molecule has 3 heterocycles. The van der Waals surface area contributed by atoms with Gasteiger partial charge in [0.15, 0.2) is 23.0 Å². The summed E-state index contributed by atoms with van der Waals surface area (Å²) < 4.78 is 14.2. The Bertz CT molecular complexity index is 1350. The van der Waals surface area contributed by atoms with Gasteiger partial charge in [-0.1, -0.05) is 18.2 Å². The quantitative estimate of drug-likeness (QED) is 0.322. The number of hydrogen-bond acceptors (Lipinski definition) is 7. The third kappa shape index (κ3) is 3.98. The highest BCUT2D eigenvalue weighted by atomic mass is 32.1. The van der Waals surface area contributed by atoms with Crippen LogP contribution in [0.3, 0.4) is 0 Å². The predicted octanol–water partition coefficient (Wildman–Crippen LogP) is 5.12.